The minimum Gasteiger partial charge on any atom is -0.382 e. The van der Waals surface area contributed by atoms with E-state index in [1.165, 1.54) is 5.56 Å². The third-order valence-electron chi connectivity index (χ3n) is 3.87. The second-order valence-corrected chi connectivity index (χ2v) is 5.74. The lowest BCUT2D eigenvalue weighted by molar-refractivity contribution is -0.131. The summed E-state index contributed by atoms with van der Waals surface area (Å²) < 4.78 is 0. The van der Waals surface area contributed by atoms with Crippen LogP contribution in [0.1, 0.15) is 30.0 Å². The fraction of sp³-hybridized carbons (Fsp3) is 0.211. The number of carbonyl (C=O) groups excluding carboxylic acids is 1. The van der Waals surface area contributed by atoms with Crippen LogP contribution in [0.5, 0.6) is 0 Å². The molecule has 122 valence electrons. The molecule has 0 aromatic heterocycles. The molecule has 1 amide bonds. The van der Waals surface area contributed by atoms with Crippen molar-refractivity contribution in [3.05, 3.63) is 71.3 Å². The predicted octanol–water partition coefficient (Wildman–Crippen LogP) is 3.03. The average molecular weight is 321 g/mol. The maximum Gasteiger partial charge on any atom is 0.284 e. The lowest BCUT2D eigenvalue weighted by atomic mass is 10.1. The van der Waals surface area contributed by atoms with E-state index in [2.05, 4.69) is 15.7 Å². The molecule has 1 aliphatic rings. The number of nitrogens with one attached hydrogen (secondary N) is 1. The van der Waals surface area contributed by atoms with Gasteiger partial charge in [-0.05, 0) is 25.0 Å². The summed E-state index contributed by atoms with van der Waals surface area (Å²) in [5.74, 6) is -0.295. The zero-order valence-corrected chi connectivity index (χ0v) is 13.7. The molecule has 5 heteroatoms. The molecule has 1 aliphatic heterocycles. The van der Waals surface area contributed by atoms with Crippen LogP contribution in [0.4, 0.5) is 0 Å². The summed E-state index contributed by atoms with van der Waals surface area (Å²) >= 11 is 0. The van der Waals surface area contributed by atoms with Crippen LogP contribution in [0.3, 0.4) is 0 Å². The monoisotopic (exact) mass is 321 g/mol. The van der Waals surface area contributed by atoms with Gasteiger partial charge in [-0.25, -0.2) is 5.43 Å². The number of carbonyl (C=O) groups is 1. The molecule has 1 N–H and O–H groups in total. The van der Waals surface area contributed by atoms with Crippen LogP contribution in [-0.2, 0) is 9.63 Å². The Kier molecular flexibility index (Phi) is 4.70. The SMILES string of the molecule is C/C(=N\NC(=O)C1CC(c2ccccc2)=NO1)c1ccc(C)cc1. The van der Waals surface area contributed by atoms with E-state index in [0.29, 0.717) is 6.42 Å². The molecule has 3 rings (SSSR count). The van der Waals surface area contributed by atoms with E-state index >= 15 is 0 Å². The number of amides is 1. The fourth-order valence-electron chi connectivity index (χ4n) is 2.39. The van der Waals surface area contributed by atoms with Crippen LogP contribution in [0.15, 0.2) is 64.9 Å². The Bertz CT molecular complexity index is 780. The molecule has 0 spiro atoms. The van der Waals surface area contributed by atoms with Crippen LogP contribution in [0.25, 0.3) is 0 Å². The van der Waals surface area contributed by atoms with E-state index < -0.39 is 6.10 Å². The highest BCUT2D eigenvalue weighted by Crippen LogP contribution is 2.16. The average Bonchev–Trinajstić information content (AvgIpc) is 3.11. The number of hydrogen-bond acceptors (Lipinski definition) is 4. The van der Waals surface area contributed by atoms with E-state index in [1.807, 2.05) is 68.4 Å². The molecule has 1 heterocycles. The van der Waals surface area contributed by atoms with Gasteiger partial charge in [-0.3, -0.25) is 4.79 Å². The fourth-order valence-corrected chi connectivity index (χ4v) is 2.39. The van der Waals surface area contributed by atoms with Gasteiger partial charge in [0.15, 0.2) is 0 Å². The van der Waals surface area contributed by atoms with Crippen molar-refractivity contribution in [3.63, 3.8) is 0 Å². The molecular formula is C19H19N3O2. The molecule has 0 saturated carbocycles. The number of hydrazone groups is 1. The van der Waals surface area contributed by atoms with Gasteiger partial charge in [0.2, 0.25) is 6.10 Å². The third kappa shape index (κ3) is 3.68. The van der Waals surface area contributed by atoms with Crippen molar-refractivity contribution in [2.75, 3.05) is 0 Å². The molecule has 2 aromatic rings. The zero-order valence-electron chi connectivity index (χ0n) is 13.7. The van der Waals surface area contributed by atoms with Crippen LogP contribution in [0.2, 0.25) is 0 Å². The molecule has 0 radical (unpaired) electrons. The van der Waals surface area contributed by atoms with Gasteiger partial charge >= 0.3 is 0 Å². The molecule has 24 heavy (non-hydrogen) atoms. The predicted molar refractivity (Wildman–Crippen MR) is 94.0 cm³/mol. The van der Waals surface area contributed by atoms with Crippen LogP contribution in [0, 0.1) is 6.92 Å². The molecule has 0 fully saturated rings. The molecule has 1 atom stereocenters. The van der Waals surface area contributed by atoms with Crippen LogP contribution in [-0.4, -0.2) is 23.4 Å². The Morgan fingerprint density at radius 1 is 1.17 bits per heavy atom. The standard InChI is InChI=1S/C19H19N3O2/c1-13-8-10-15(11-9-13)14(2)20-21-19(23)18-12-17(22-24-18)16-6-4-3-5-7-16/h3-11,18H,12H2,1-2H3,(H,21,23)/b20-14+. The van der Waals surface area contributed by atoms with Crippen molar-refractivity contribution >= 4 is 17.3 Å². The van der Waals surface area contributed by atoms with Gasteiger partial charge in [-0.1, -0.05) is 65.3 Å². The van der Waals surface area contributed by atoms with Crippen molar-refractivity contribution in [1.82, 2.24) is 5.43 Å². The first kappa shape index (κ1) is 15.9. The number of rotatable bonds is 4. The number of benzene rings is 2. The van der Waals surface area contributed by atoms with Crippen LogP contribution < -0.4 is 5.43 Å². The van der Waals surface area contributed by atoms with Gasteiger partial charge in [0, 0.05) is 6.42 Å². The Morgan fingerprint density at radius 3 is 2.58 bits per heavy atom. The normalized spacial score (nSPS) is 17.2. The third-order valence-corrected chi connectivity index (χ3v) is 3.87. The van der Waals surface area contributed by atoms with Gasteiger partial charge < -0.3 is 4.84 Å². The van der Waals surface area contributed by atoms with Gasteiger partial charge in [0.05, 0.1) is 11.4 Å². The van der Waals surface area contributed by atoms with E-state index in [9.17, 15) is 4.79 Å². The Balaban J connectivity index is 1.58. The summed E-state index contributed by atoms with van der Waals surface area (Å²) in [6, 6.07) is 17.7. The quantitative estimate of drug-likeness (QED) is 0.695. The van der Waals surface area contributed by atoms with E-state index in [1.54, 1.807) is 0 Å². The lowest BCUT2D eigenvalue weighted by Crippen LogP contribution is -2.32. The number of hydrogen-bond donors (Lipinski definition) is 1. The van der Waals surface area contributed by atoms with Crippen molar-refractivity contribution < 1.29 is 9.63 Å². The van der Waals surface area contributed by atoms with Crippen molar-refractivity contribution in [3.8, 4) is 0 Å². The summed E-state index contributed by atoms with van der Waals surface area (Å²) in [5.41, 5.74) is 7.19. The minimum atomic E-state index is -0.644. The smallest absolute Gasteiger partial charge is 0.284 e. The van der Waals surface area contributed by atoms with E-state index in [4.69, 9.17) is 4.84 Å². The number of aryl methyl sites for hydroxylation is 1. The lowest BCUT2D eigenvalue weighted by Gasteiger charge is -2.07. The summed E-state index contributed by atoms with van der Waals surface area (Å²) in [5, 5.41) is 8.16. The summed E-state index contributed by atoms with van der Waals surface area (Å²) in [6.07, 6.45) is -0.204. The highest BCUT2D eigenvalue weighted by molar-refractivity contribution is 6.04. The van der Waals surface area contributed by atoms with E-state index in [0.717, 1.165) is 22.6 Å². The summed E-state index contributed by atoms with van der Waals surface area (Å²) in [6.45, 7) is 3.88. The second kappa shape index (κ2) is 7.08. The molecule has 1 unspecified atom stereocenters. The Labute approximate surface area is 141 Å². The van der Waals surface area contributed by atoms with Gasteiger partial charge in [0.25, 0.3) is 5.91 Å². The molecule has 0 bridgehead atoms. The summed E-state index contributed by atoms with van der Waals surface area (Å²) in [4.78, 5) is 17.4. The first-order chi connectivity index (χ1) is 11.6. The maximum atomic E-state index is 12.2. The molecule has 0 aliphatic carbocycles. The molecule has 5 nitrogen and oxygen atoms in total. The number of nitrogens with zero attached hydrogens (tertiary/aromatic N) is 2. The minimum absolute atomic E-state index is 0.295. The maximum absolute atomic E-state index is 12.2. The second-order valence-electron chi connectivity index (χ2n) is 5.74. The molecule has 0 saturated heterocycles. The van der Waals surface area contributed by atoms with Gasteiger partial charge in [-0.2, -0.15) is 5.10 Å². The van der Waals surface area contributed by atoms with Crippen molar-refractivity contribution in [2.45, 2.75) is 26.4 Å². The first-order valence-corrected chi connectivity index (χ1v) is 7.83. The van der Waals surface area contributed by atoms with E-state index in [-0.39, 0.29) is 5.91 Å². The Hall–Kier alpha value is -2.95. The Morgan fingerprint density at radius 2 is 1.88 bits per heavy atom. The zero-order chi connectivity index (χ0) is 16.9. The van der Waals surface area contributed by atoms with Crippen molar-refractivity contribution in [1.29, 1.82) is 0 Å². The summed E-state index contributed by atoms with van der Waals surface area (Å²) in [7, 11) is 0. The van der Waals surface area contributed by atoms with Crippen LogP contribution >= 0.6 is 0 Å². The topological polar surface area (TPSA) is 63.0 Å². The highest BCUT2D eigenvalue weighted by Gasteiger charge is 2.28. The first-order valence-electron chi connectivity index (χ1n) is 7.83. The largest absolute Gasteiger partial charge is 0.382 e. The van der Waals surface area contributed by atoms with Crippen molar-refractivity contribution in [2.24, 2.45) is 10.3 Å². The highest BCUT2D eigenvalue weighted by atomic mass is 16.6. The number of oxime groups is 1. The van der Waals surface area contributed by atoms with Gasteiger partial charge in [-0.15, -0.1) is 0 Å². The van der Waals surface area contributed by atoms with Gasteiger partial charge in [0.1, 0.15) is 0 Å². The molecular weight excluding hydrogens is 302 g/mol. The molecule has 2 aromatic carbocycles.